The zero-order chi connectivity index (χ0) is 30.3. The van der Waals surface area contributed by atoms with Crippen LogP contribution in [0.2, 0.25) is 0 Å². The summed E-state index contributed by atoms with van der Waals surface area (Å²) in [7, 11) is 0. The molecule has 0 aromatic carbocycles. The third kappa shape index (κ3) is 7.20. The first-order valence-corrected chi connectivity index (χ1v) is 7.81. The van der Waals surface area contributed by atoms with E-state index in [-0.39, 0.29) is 6.08 Å². The van der Waals surface area contributed by atoms with E-state index >= 15 is 0 Å². The summed E-state index contributed by atoms with van der Waals surface area (Å²) in [5, 5.41) is 0. The molecule has 0 spiro atoms. The molecule has 0 heterocycles. The number of carbonyl (C=O) groups is 1. The van der Waals surface area contributed by atoms with Crippen molar-refractivity contribution < 1.29 is 107 Å². The summed E-state index contributed by atoms with van der Waals surface area (Å²) in [4.78, 5) is 10.7. The Morgan fingerprint density at radius 2 is 0.919 bits per heavy atom. The van der Waals surface area contributed by atoms with E-state index < -0.39 is 67.2 Å². The average Bonchev–Trinajstić information content (AvgIpc) is 2.60. The van der Waals surface area contributed by atoms with Crippen molar-refractivity contribution in [2.24, 2.45) is 0 Å². The number of halogens is 19. The van der Waals surface area contributed by atoms with Gasteiger partial charge in [-0.2, -0.15) is 70.2 Å². The maximum absolute atomic E-state index is 14.1. The molecule has 0 radical (unpaired) electrons. The smallest absolute Gasteiger partial charge is 0.456 e. The number of ether oxygens (including phenoxy) is 4. The Kier molecular flexibility index (Phi) is 9.22. The van der Waals surface area contributed by atoms with E-state index in [1.807, 2.05) is 4.74 Å². The van der Waals surface area contributed by atoms with Crippen LogP contribution in [0.4, 0.5) is 83.4 Å². The summed E-state index contributed by atoms with van der Waals surface area (Å²) in [6.45, 7) is -0.818. The second-order valence-electron chi connectivity index (χ2n) is 6.01. The maximum Gasteiger partial charge on any atom is 0.525 e. The van der Waals surface area contributed by atoms with E-state index in [0.717, 1.165) is 0 Å². The lowest BCUT2D eigenvalue weighted by molar-refractivity contribution is -0.576. The number of hydrogen-bond acceptors (Lipinski definition) is 5. The van der Waals surface area contributed by atoms with Gasteiger partial charge in [0.05, 0.1) is 0 Å². The van der Waals surface area contributed by atoms with Gasteiger partial charge in [-0.05, 0) is 0 Å². The van der Waals surface area contributed by atoms with Crippen molar-refractivity contribution in [1.29, 1.82) is 0 Å². The van der Waals surface area contributed by atoms with E-state index in [1.165, 1.54) is 9.47 Å². The largest absolute Gasteiger partial charge is 0.525 e. The van der Waals surface area contributed by atoms with Crippen molar-refractivity contribution >= 4 is 5.97 Å². The summed E-state index contributed by atoms with van der Waals surface area (Å²) < 4.78 is 254. The second kappa shape index (κ2) is 9.81. The third-order valence-electron chi connectivity index (χ3n) is 3.28. The number of esters is 1. The van der Waals surface area contributed by atoms with Gasteiger partial charge in [-0.25, -0.2) is 9.53 Å². The molecule has 0 aliphatic heterocycles. The van der Waals surface area contributed by atoms with Crippen molar-refractivity contribution in [2.45, 2.75) is 54.7 Å². The first-order chi connectivity index (χ1) is 15.8. The quantitative estimate of drug-likeness (QED) is 0.171. The Morgan fingerprint density at radius 3 is 1.22 bits per heavy atom. The standard InChI is InChI=1S/C13H5F19O5/c1-2-4(33)34-3-5(14,8(17,18)19)35-11(26,27)6(15,9(20,21)22)36-12(28,29)7(16,10(23,24)25)37-13(30,31)32/h2H,1,3H2. The Labute approximate surface area is 188 Å². The average molecular weight is 602 g/mol. The molecule has 0 amide bonds. The Bertz CT molecular complexity index is 828. The van der Waals surface area contributed by atoms with Crippen LogP contribution in [0, 0.1) is 0 Å². The topological polar surface area (TPSA) is 54.0 Å². The van der Waals surface area contributed by atoms with Gasteiger partial charge in [0, 0.05) is 6.08 Å². The van der Waals surface area contributed by atoms with Crippen LogP contribution in [0.3, 0.4) is 0 Å². The maximum atomic E-state index is 14.1. The SMILES string of the molecule is C=CC(=O)OCC(F)(OC(F)(F)C(F)(OC(F)(F)C(F)(OC(F)(F)F)C(F)(F)F)C(F)(F)F)C(F)(F)F. The lowest BCUT2D eigenvalue weighted by Gasteiger charge is -2.41. The minimum Gasteiger partial charge on any atom is -0.456 e. The molecule has 0 bridgehead atoms. The van der Waals surface area contributed by atoms with Gasteiger partial charge < -0.3 is 4.74 Å². The third-order valence-corrected chi connectivity index (χ3v) is 3.28. The molecule has 0 aliphatic rings. The number of hydrogen-bond donors (Lipinski definition) is 0. The highest BCUT2D eigenvalue weighted by Crippen LogP contribution is 2.57. The first-order valence-electron chi connectivity index (χ1n) is 7.81. The van der Waals surface area contributed by atoms with Crippen molar-refractivity contribution in [3.63, 3.8) is 0 Å². The fourth-order valence-electron chi connectivity index (χ4n) is 1.63. The highest BCUT2D eigenvalue weighted by molar-refractivity contribution is 5.81. The van der Waals surface area contributed by atoms with Crippen LogP contribution in [0.5, 0.6) is 0 Å². The summed E-state index contributed by atoms with van der Waals surface area (Å²) in [5.41, 5.74) is 0. The van der Waals surface area contributed by atoms with Crippen LogP contribution in [0.25, 0.3) is 0 Å². The molecule has 0 aliphatic carbocycles. The normalized spacial score (nSPS) is 19.4. The van der Waals surface area contributed by atoms with Gasteiger partial charge in [0.2, 0.25) is 0 Å². The van der Waals surface area contributed by atoms with Gasteiger partial charge in [-0.1, -0.05) is 6.58 Å². The molecule has 37 heavy (non-hydrogen) atoms. The van der Waals surface area contributed by atoms with Gasteiger partial charge in [0.15, 0.2) is 6.61 Å². The summed E-state index contributed by atoms with van der Waals surface area (Å²) in [5.74, 6) is -24.9. The molecular formula is C13H5F19O5. The Balaban J connectivity index is 6.88. The molecule has 0 aromatic rings. The molecule has 0 saturated carbocycles. The lowest BCUT2D eigenvalue weighted by atomic mass is 10.2. The highest BCUT2D eigenvalue weighted by atomic mass is 19.4. The Morgan fingerprint density at radius 1 is 0.568 bits per heavy atom. The van der Waals surface area contributed by atoms with Crippen LogP contribution in [-0.4, -0.2) is 67.2 Å². The minimum atomic E-state index is -8.22. The molecule has 220 valence electrons. The van der Waals surface area contributed by atoms with Crippen molar-refractivity contribution in [3.05, 3.63) is 12.7 Å². The molecule has 5 nitrogen and oxygen atoms in total. The minimum absolute atomic E-state index is 0.133. The highest BCUT2D eigenvalue weighted by Gasteiger charge is 2.86. The van der Waals surface area contributed by atoms with Gasteiger partial charge >= 0.3 is 60.6 Å². The molecule has 0 fully saturated rings. The van der Waals surface area contributed by atoms with Crippen LogP contribution in [0.15, 0.2) is 12.7 Å². The number of alkyl halides is 19. The molecule has 0 saturated heterocycles. The molecule has 0 rings (SSSR count). The predicted molar refractivity (Wildman–Crippen MR) is 70.0 cm³/mol. The van der Waals surface area contributed by atoms with Gasteiger partial charge in [0.1, 0.15) is 0 Å². The summed E-state index contributed by atoms with van der Waals surface area (Å²) in [6.07, 6.45) is -46.6. The predicted octanol–water partition coefficient (Wildman–Crippen LogP) is 6.16. The molecule has 24 heteroatoms. The van der Waals surface area contributed by atoms with Gasteiger partial charge in [0.25, 0.3) is 0 Å². The van der Waals surface area contributed by atoms with Crippen LogP contribution < -0.4 is 0 Å². The zero-order valence-corrected chi connectivity index (χ0v) is 16.2. The summed E-state index contributed by atoms with van der Waals surface area (Å²) >= 11 is 0. The fraction of sp³-hybridized carbons (Fsp3) is 0.769. The fourth-order valence-corrected chi connectivity index (χ4v) is 1.63. The molecule has 0 N–H and O–H groups in total. The van der Waals surface area contributed by atoms with Gasteiger partial charge in [-0.3, -0.25) is 9.47 Å². The Hall–Kier alpha value is -2.24. The van der Waals surface area contributed by atoms with E-state index in [2.05, 4.69) is 11.3 Å². The number of carbonyl (C=O) groups excluding carboxylic acids is 1. The van der Waals surface area contributed by atoms with Crippen molar-refractivity contribution in [2.75, 3.05) is 6.61 Å². The molecule has 3 atom stereocenters. The monoisotopic (exact) mass is 602 g/mol. The van der Waals surface area contributed by atoms with E-state index in [4.69, 9.17) is 0 Å². The first kappa shape index (κ1) is 34.8. The number of rotatable bonds is 10. The van der Waals surface area contributed by atoms with Crippen LogP contribution in [0.1, 0.15) is 0 Å². The van der Waals surface area contributed by atoms with E-state index in [1.54, 1.807) is 0 Å². The van der Waals surface area contributed by atoms with Crippen molar-refractivity contribution in [1.82, 2.24) is 0 Å². The molecule has 3 unspecified atom stereocenters. The van der Waals surface area contributed by atoms with Crippen LogP contribution in [-0.2, 0) is 23.7 Å². The molecule has 0 aromatic heterocycles. The molecular weight excluding hydrogens is 597 g/mol. The summed E-state index contributed by atoms with van der Waals surface area (Å²) in [6, 6.07) is 0. The zero-order valence-electron chi connectivity index (χ0n) is 16.2. The van der Waals surface area contributed by atoms with Crippen molar-refractivity contribution in [3.8, 4) is 0 Å². The van der Waals surface area contributed by atoms with E-state index in [9.17, 15) is 88.2 Å². The van der Waals surface area contributed by atoms with Crippen LogP contribution >= 0.6 is 0 Å². The lowest BCUT2D eigenvalue weighted by Crippen LogP contribution is -2.69. The van der Waals surface area contributed by atoms with Gasteiger partial charge in [-0.15, -0.1) is 13.2 Å². The second-order valence-corrected chi connectivity index (χ2v) is 6.01. The van der Waals surface area contributed by atoms with E-state index in [0.29, 0.717) is 0 Å².